The zero-order valence-corrected chi connectivity index (χ0v) is 11.0. The summed E-state index contributed by atoms with van der Waals surface area (Å²) in [6, 6.07) is 1.71. The lowest BCUT2D eigenvalue weighted by atomic mass is 10.2. The Kier molecular flexibility index (Phi) is 3.73. The molecule has 2 aromatic rings. The molecular weight excluding hydrogens is 252 g/mol. The highest BCUT2D eigenvalue weighted by Crippen LogP contribution is 2.21. The van der Waals surface area contributed by atoms with E-state index in [0.717, 1.165) is 16.3 Å². The summed E-state index contributed by atoms with van der Waals surface area (Å²) in [7, 11) is 1.88. The van der Waals surface area contributed by atoms with Gasteiger partial charge in [-0.15, -0.1) is 21.5 Å². The predicted octanol–water partition coefficient (Wildman–Crippen LogP) is 1.17. The smallest absolute Gasteiger partial charge is 0.345 e. The van der Waals surface area contributed by atoms with Crippen LogP contribution in [0.25, 0.3) is 0 Å². The van der Waals surface area contributed by atoms with Gasteiger partial charge in [-0.25, -0.2) is 4.79 Å². The number of carboxylic acid groups (broad SMARTS) is 1. The van der Waals surface area contributed by atoms with Crippen LogP contribution in [0.4, 0.5) is 0 Å². The highest BCUT2D eigenvalue weighted by atomic mass is 32.1. The van der Waals surface area contributed by atoms with E-state index in [1.54, 1.807) is 12.4 Å². The third-order valence-corrected chi connectivity index (χ3v) is 3.72. The van der Waals surface area contributed by atoms with Crippen molar-refractivity contribution in [3.63, 3.8) is 0 Å². The third kappa shape index (κ3) is 2.74. The van der Waals surface area contributed by atoms with Crippen molar-refractivity contribution in [1.82, 2.24) is 20.1 Å². The van der Waals surface area contributed by atoms with Crippen molar-refractivity contribution in [2.75, 3.05) is 0 Å². The Morgan fingerprint density at radius 3 is 2.89 bits per heavy atom. The van der Waals surface area contributed by atoms with Gasteiger partial charge in [-0.1, -0.05) is 0 Å². The summed E-state index contributed by atoms with van der Waals surface area (Å²) in [5.41, 5.74) is 1.01. The average Bonchev–Trinajstić information content (AvgIpc) is 2.87. The molecule has 0 spiro atoms. The number of aromatic carboxylic acids is 1. The van der Waals surface area contributed by atoms with Gasteiger partial charge in [0.15, 0.2) is 0 Å². The molecule has 2 heterocycles. The predicted molar refractivity (Wildman–Crippen MR) is 67.6 cm³/mol. The Hall–Kier alpha value is -1.73. The Labute approximate surface area is 108 Å². The number of nitrogens with one attached hydrogen (secondary N) is 1. The van der Waals surface area contributed by atoms with Crippen LogP contribution < -0.4 is 5.32 Å². The van der Waals surface area contributed by atoms with Crippen LogP contribution in [0.2, 0.25) is 0 Å². The first-order valence-electron chi connectivity index (χ1n) is 5.44. The number of rotatable bonds is 5. The number of carboxylic acids is 1. The second-order valence-corrected chi connectivity index (χ2v) is 5.22. The lowest BCUT2D eigenvalue weighted by molar-refractivity contribution is 0.0702. The van der Waals surface area contributed by atoms with Gasteiger partial charge in [-0.3, -0.25) is 0 Å². The maximum Gasteiger partial charge on any atom is 0.345 e. The molecule has 96 valence electrons. The highest BCUT2D eigenvalue weighted by Gasteiger charge is 2.10. The molecule has 2 rings (SSSR count). The molecule has 0 fully saturated rings. The van der Waals surface area contributed by atoms with E-state index in [9.17, 15) is 4.79 Å². The van der Waals surface area contributed by atoms with Crippen molar-refractivity contribution in [2.24, 2.45) is 7.05 Å². The number of carbonyl (C=O) groups is 1. The van der Waals surface area contributed by atoms with Crippen LogP contribution in [-0.2, 0) is 20.1 Å². The summed E-state index contributed by atoms with van der Waals surface area (Å²) < 4.78 is 1.84. The Balaban J connectivity index is 1.94. The molecule has 18 heavy (non-hydrogen) atoms. The van der Waals surface area contributed by atoms with Crippen molar-refractivity contribution in [3.05, 3.63) is 33.5 Å². The Bertz CT molecular complexity index is 561. The zero-order valence-electron chi connectivity index (χ0n) is 10.2. The van der Waals surface area contributed by atoms with Gasteiger partial charge in [0.05, 0.1) is 6.54 Å². The van der Waals surface area contributed by atoms with E-state index < -0.39 is 5.97 Å². The van der Waals surface area contributed by atoms with Crippen LogP contribution in [0.1, 0.15) is 25.9 Å². The van der Waals surface area contributed by atoms with Crippen LogP contribution in [0.15, 0.2) is 12.4 Å². The van der Waals surface area contributed by atoms with Gasteiger partial charge in [0.2, 0.25) is 0 Å². The zero-order chi connectivity index (χ0) is 13.1. The summed E-state index contributed by atoms with van der Waals surface area (Å²) in [5, 5.41) is 19.9. The van der Waals surface area contributed by atoms with Crippen LogP contribution in [0, 0.1) is 6.92 Å². The van der Waals surface area contributed by atoms with Crippen LogP contribution in [0.3, 0.4) is 0 Å². The fourth-order valence-electron chi connectivity index (χ4n) is 1.58. The first-order valence-corrected chi connectivity index (χ1v) is 6.25. The highest BCUT2D eigenvalue weighted by molar-refractivity contribution is 7.14. The molecule has 0 unspecified atom stereocenters. The number of aromatic nitrogens is 3. The number of hydrogen-bond donors (Lipinski definition) is 2. The minimum Gasteiger partial charge on any atom is -0.477 e. The normalized spacial score (nSPS) is 10.8. The molecule has 6 nitrogen and oxygen atoms in total. The van der Waals surface area contributed by atoms with Gasteiger partial charge in [0, 0.05) is 18.5 Å². The molecule has 0 amide bonds. The van der Waals surface area contributed by atoms with E-state index in [1.165, 1.54) is 11.3 Å². The standard InChI is InChI=1S/C11H14N4O2S/c1-7-8(3-9(18-7)11(16)17)4-12-5-10-14-13-6-15(10)2/h3,6,12H,4-5H2,1-2H3,(H,16,17). The summed E-state index contributed by atoms with van der Waals surface area (Å²) >= 11 is 1.30. The second-order valence-electron chi connectivity index (χ2n) is 3.96. The molecular formula is C11H14N4O2S. The molecule has 0 saturated heterocycles. The Morgan fingerprint density at radius 1 is 1.56 bits per heavy atom. The lowest BCUT2D eigenvalue weighted by Gasteiger charge is -2.03. The fourth-order valence-corrected chi connectivity index (χ4v) is 2.46. The van der Waals surface area contributed by atoms with E-state index >= 15 is 0 Å². The number of nitrogens with zero attached hydrogens (tertiary/aromatic N) is 3. The fraction of sp³-hybridized carbons (Fsp3) is 0.364. The quantitative estimate of drug-likeness (QED) is 0.849. The van der Waals surface area contributed by atoms with E-state index in [2.05, 4.69) is 15.5 Å². The van der Waals surface area contributed by atoms with Gasteiger partial charge in [0.1, 0.15) is 17.0 Å². The maximum atomic E-state index is 10.8. The van der Waals surface area contributed by atoms with Crippen molar-refractivity contribution < 1.29 is 9.90 Å². The molecule has 0 aliphatic carbocycles. The average molecular weight is 266 g/mol. The van der Waals surface area contributed by atoms with Gasteiger partial charge < -0.3 is 15.0 Å². The molecule has 0 aromatic carbocycles. The second kappa shape index (κ2) is 5.28. The molecule has 7 heteroatoms. The van der Waals surface area contributed by atoms with E-state index in [4.69, 9.17) is 5.11 Å². The molecule has 0 saturated carbocycles. The van der Waals surface area contributed by atoms with Gasteiger partial charge in [0.25, 0.3) is 0 Å². The first-order chi connectivity index (χ1) is 8.58. The summed E-state index contributed by atoms with van der Waals surface area (Å²) in [6.45, 7) is 3.16. The minimum absolute atomic E-state index is 0.378. The van der Waals surface area contributed by atoms with E-state index in [-0.39, 0.29) is 0 Å². The van der Waals surface area contributed by atoms with Crippen molar-refractivity contribution >= 4 is 17.3 Å². The summed E-state index contributed by atoms with van der Waals surface area (Å²) in [4.78, 5) is 12.2. The lowest BCUT2D eigenvalue weighted by Crippen LogP contribution is -2.15. The molecule has 2 N–H and O–H groups in total. The van der Waals surface area contributed by atoms with Crippen LogP contribution in [0.5, 0.6) is 0 Å². The van der Waals surface area contributed by atoms with Crippen molar-refractivity contribution in [2.45, 2.75) is 20.0 Å². The molecule has 0 bridgehead atoms. The number of aryl methyl sites for hydroxylation is 2. The summed E-state index contributed by atoms with van der Waals surface area (Å²) in [5.74, 6) is -0.0241. The summed E-state index contributed by atoms with van der Waals surface area (Å²) in [6.07, 6.45) is 1.65. The van der Waals surface area contributed by atoms with E-state index in [1.807, 2.05) is 18.5 Å². The monoisotopic (exact) mass is 266 g/mol. The number of hydrogen-bond acceptors (Lipinski definition) is 5. The van der Waals surface area contributed by atoms with E-state index in [0.29, 0.717) is 18.0 Å². The molecule has 0 atom stereocenters. The third-order valence-electron chi connectivity index (χ3n) is 2.64. The minimum atomic E-state index is -0.873. The molecule has 0 radical (unpaired) electrons. The molecule has 2 aromatic heterocycles. The first kappa shape index (κ1) is 12.7. The van der Waals surface area contributed by atoms with Gasteiger partial charge in [-0.2, -0.15) is 0 Å². The topological polar surface area (TPSA) is 80.0 Å². The van der Waals surface area contributed by atoms with Crippen molar-refractivity contribution in [1.29, 1.82) is 0 Å². The van der Waals surface area contributed by atoms with Crippen LogP contribution >= 0.6 is 11.3 Å². The molecule has 0 aliphatic heterocycles. The van der Waals surface area contributed by atoms with Gasteiger partial charge >= 0.3 is 5.97 Å². The molecule has 0 aliphatic rings. The SMILES string of the molecule is Cc1sc(C(=O)O)cc1CNCc1nncn1C. The Morgan fingerprint density at radius 2 is 2.33 bits per heavy atom. The maximum absolute atomic E-state index is 10.8. The van der Waals surface area contributed by atoms with Crippen molar-refractivity contribution in [3.8, 4) is 0 Å². The number of thiophene rings is 1. The van der Waals surface area contributed by atoms with Crippen LogP contribution in [-0.4, -0.2) is 25.8 Å². The van der Waals surface area contributed by atoms with Gasteiger partial charge in [-0.05, 0) is 18.6 Å². The largest absolute Gasteiger partial charge is 0.477 e.